The monoisotopic (exact) mass is 300 g/mol. The quantitative estimate of drug-likeness (QED) is 0.897. The summed E-state index contributed by atoms with van der Waals surface area (Å²) in [6, 6.07) is 4.74. The summed E-state index contributed by atoms with van der Waals surface area (Å²) in [5, 5.41) is 5.87. The van der Waals surface area contributed by atoms with Crippen molar-refractivity contribution >= 4 is 5.91 Å². The Morgan fingerprint density at radius 1 is 1.33 bits per heavy atom. The van der Waals surface area contributed by atoms with E-state index < -0.39 is 17.8 Å². The second kappa shape index (κ2) is 6.05. The Balaban J connectivity index is 2.19. The molecule has 1 aliphatic heterocycles. The lowest BCUT2D eigenvalue weighted by molar-refractivity contribution is -0.137. The van der Waals surface area contributed by atoms with E-state index in [0.717, 1.165) is 12.1 Å². The van der Waals surface area contributed by atoms with E-state index in [2.05, 4.69) is 10.6 Å². The van der Waals surface area contributed by atoms with Gasteiger partial charge in [-0.1, -0.05) is 26.0 Å². The van der Waals surface area contributed by atoms with Gasteiger partial charge < -0.3 is 10.6 Å². The molecule has 116 valence electrons. The van der Waals surface area contributed by atoms with Crippen LogP contribution in [0.1, 0.15) is 31.0 Å². The van der Waals surface area contributed by atoms with Crippen LogP contribution in [0.2, 0.25) is 0 Å². The molecule has 3 nitrogen and oxygen atoms in total. The molecule has 1 amide bonds. The molecule has 1 heterocycles. The number of carbonyl (C=O) groups is 1. The Hall–Kier alpha value is -1.56. The van der Waals surface area contributed by atoms with Crippen molar-refractivity contribution in [1.82, 2.24) is 10.6 Å². The fourth-order valence-corrected chi connectivity index (χ4v) is 2.29. The summed E-state index contributed by atoms with van der Waals surface area (Å²) in [5.41, 5.74) is -0.203. The van der Waals surface area contributed by atoms with Crippen LogP contribution in [-0.2, 0) is 11.0 Å². The summed E-state index contributed by atoms with van der Waals surface area (Å²) in [4.78, 5) is 12.0. The molecule has 6 heteroatoms. The molecule has 0 aliphatic carbocycles. The molecular weight excluding hydrogens is 281 g/mol. The predicted molar refractivity (Wildman–Crippen MR) is 73.5 cm³/mol. The predicted octanol–water partition coefficient (Wildman–Crippen LogP) is 2.74. The summed E-state index contributed by atoms with van der Waals surface area (Å²) in [5.74, 6) is -0.188. The van der Waals surface area contributed by atoms with Crippen molar-refractivity contribution < 1.29 is 18.0 Å². The standard InChI is InChI=1S/C15H19F3N2O/c1-9(2)13(20-14(21)11-7-19-8-11)10-4-3-5-12(6-10)15(16,17)18/h3-6,9,11,13,19H,7-8H2,1-2H3,(H,20,21). The third-order valence-corrected chi connectivity index (χ3v) is 3.69. The highest BCUT2D eigenvalue weighted by Gasteiger charge is 2.32. The van der Waals surface area contributed by atoms with Gasteiger partial charge in [0, 0.05) is 13.1 Å². The van der Waals surface area contributed by atoms with Crippen molar-refractivity contribution in [3.63, 3.8) is 0 Å². The molecule has 0 saturated carbocycles. The van der Waals surface area contributed by atoms with E-state index in [0.29, 0.717) is 18.7 Å². The summed E-state index contributed by atoms with van der Waals surface area (Å²) < 4.78 is 38.4. The molecule has 2 rings (SSSR count). The van der Waals surface area contributed by atoms with Gasteiger partial charge in [0.15, 0.2) is 0 Å². The molecule has 1 atom stereocenters. The lowest BCUT2D eigenvalue weighted by Crippen LogP contribution is -2.51. The maximum absolute atomic E-state index is 12.8. The molecule has 1 aromatic rings. The summed E-state index contributed by atoms with van der Waals surface area (Å²) in [6.07, 6.45) is -4.38. The minimum atomic E-state index is -4.38. The van der Waals surface area contributed by atoms with Crippen molar-refractivity contribution in [2.24, 2.45) is 11.8 Å². The van der Waals surface area contributed by atoms with Gasteiger partial charge in [-0.05, 0) is 23.6 Å². The third-order valence-electron chi connectivity index (χ3n) is 3.69. The highest BCUT2D eigenvalue weighted by Crippen LogP contribution is 2.32. The molecule has 0 spiro atoms. The van der Waals surface area contributed by atoms with Crippen molar-refractivity contribution in [3.8, 4) is 0 Å². The maximum Gasteiger partial charge on any atom is 0.416 e. The Morgan fingerprint density at radius 3 is 2.48 bits per heavy atom. The molecule has 2 N–H and O–H groups in total. The van der Waals surface area contributed by atoms with Gasteiger partial charge in [0.2, 0.25) is 5.91 Å². The fraction of sp³-hybridized carbons (Fsp3) is 0.533. The molecular formula is C15H19F3N2O. The molecule has 1 aromatic carbocycles. The van der Waals surface area contributed by atoms with Crippen LogP contribution in [0.5, 0.6) is 0 Å². The molecule has 0 radical (unpaired) electrons. The number of alkyl halides is 3. The zero-order valence-corrected chi connectivity index (χ0v) is 12.0. The van der Waals surface area contributed by atoms with Crippen LogP contribution in [0.4, 0.5) is 13.2 Å². The van der Waals surface area contributed by atoms with Crippen LogP contribution in [0.15, 0.2) is 24.3 Å². The number of hydrogen-bond acceptors (Lipinski definition) is 2. The number of benzene rings is 1. The highest BCUT2D eigenvalue weighted by molar-refractivity contribution is 5.80. The molecule has 1 aliphatic rings. The first-order valence-corrected chi connectivity index (χ1v) is 6.97. The number of halogens is 3. The average molecular weight is 300 g/mol. The second-order valence-corrected chi connectivity index (χ2v) is 5.71. The molecule has 1 saturated heterocycles. The Kier molecular flexibility index (Phi) is 4.56. The van der Waals surface area contributed by atoms with Gasteiger partial charge in [-0.3, -0.25) is 4.79 Å². The Bertz CT molecular complexity index is 510. The average Bonchev–Trinajstić information content (AvgIpc) is 2.32. The lowest BCUT2D eigenvalue weighted by Gasteiger charge is -2.30. The van der Waals surface area contributed by atoms with Gasteiger partial charge in [-0.2, -0.15) is 13.2 Å². The second-order valence-electron chi connectivity index (χ2n) is 5.71. The Labute approximate surface area is 121 Å². The molecule has 0 aromatic heterocycles. The molecule has 21 heavy (non-hydrogen) atoms. The van der Waals surface area contributed by atoms with E-state index in [-0.39, 0.29) is 17.7 Å². The first-order chi connectivity index (χ1) is 9.79. The minimum Gasteiger partial charge on any atom is -0.349 e. The van der Waals surface area contributed by atoms with Crippen LogP contribution < -0.4 is 10.6 Å². The maximum atomic E-state index is 12.8. The largest absolute Gasteiger partial charge is 0.416 e. The molecule has 0 bridgehead atoms. The number of amides is 1. The van der Waals surface area contributed by atoms with E-state index in [1.165, 1.54) is 6.07 Å². The first kappa shape index (κ1) is 15.8. The van der Waals surface area contributed by atoms with Gasteiger partial charge in [0.05, 0.1) is 17.5 Å². The summed E-state index contributed by atoms with van der Waals surface area (Å²) in [6.45, 7) is 5.01. The van der Waals surface area contributed by atoms with Crippen LogP contribution in [0.25, 0.3) is 0 Å². The summed E-state index contributed by atoms with van der Waals surface area (Å²) in [7, 11) is 0. The minimum absolute atomic E-state index is 0.00506. The first-order valence-electron chi connectivity index (χ1n) is 6.97. The number of rotatable bonds is 4. The van der Waals surface area contributed by atoms with Crippen LogP contribution in [-0.4, -0.2) is 19.0 Å². The zero-order chi connectivity index (χ0) is 15.6. The fourth-order valence-electron chi connectivity index (χ4n) is 2.29. The van der Waals surface area contributed by atoms with Crippen molar-refractivity contribution in [2.75, 3.05) is 13.1 Å². The van der Waals surface area contributed by atoms with Gasteiger partial charge in [-0.25, -0.2) is 0 Å². The smallest absolute Gasteiger partial charge is 0.349 e. The van der Waals surface area contributed by atoms with Crippen molar-refractivity contribution in [1.29, 1.82) is 0 Å². The van der Waals surface area contributed by atoms with E-state index in [9.17, 15) is 18.0 Å². The van der Waals surface area contributed by atoms with Crippen molar-refractivity contribution in [2.45, 2.75) is 26.1 Å². The summed E-state index contributed by atoms with van der Waals surface area (Å²) >= 11 is 0. The Morgan fingerprint density at radius 2 is 2.00 bits per heavy atom. The lowest BCUT2D eigenvalue weighted by atomic mass is 9.93. The normalized spacial score (nSPS) is 17.4. The van der Waals surface area contributed by atoms with Gasteiger partial charge in [0.1, 0.15) is 0 Å². The van der Waals surface area contributed by atoms with E-state index in [4.69, 9.17) is 0 Å². The number of hydrogen-bond donors (Lipinski definition) is 2. The highest BCUT2D eigenvalue weighted by atomic mass is 19.4. The van der Waals surface area contributed by atoms with Gasteiger partial charge >= 0.3 is 6.18 Å². The number of carbonyl (C=O) groups excluding carboxylic acids is 1. The molecule has 1 fully saturated rings. The number of nitrogens with one attached hydrogen (secondary N) is 2. The van der Waals surface area contributed by atoms with Gasteiger partial charge in [0.25, 0.3) is 0 Å². The van der Waals surface area contributed by atoms with E-state index in [1.807, 2.05) is 13.8 Å². The SMILES string of the molecule is CC(C)C(NC(=O)C1CNC1)c1cccc(C(F)(F)F)c1. The zero-order valence-electron chi connectivity index (χ0n) is 12.0. The van der Waals surface area contributed by atoms with Crippen molar-refractivity contribution in [3.05, 3.63) is 35.4 Å². The van der Waals surface area contributed by atoms with Crippen LogP contribution >= 0.6 is 0 Å². The van der Waals surface area contributed by atoms with Crippen LogP contribution in [0, 0.1) is 11.8 Å². The third kappa shape index (κ3) is 3.75. The van der Waals surface area contributed by atoms with Gasteiger partial charge in [-0.15, -0.1) is 0 Å². The molecule has 1 unspecified atom stereocenters. The van der Waals surface area contributed by atoms with E-state index in [1.54, 1.807) is 6.07 Å². The van der Waals surface area contributed by atoms with E-state index >= 15 is 0 Å². The topological polar surface area (TPSA) is 41.1 Å². The van der Waals surface area contributed by atoms with Crippen LogP contribution in [0.3, 0.4) is 0 Å².